The molecule has 3 aliphatic heterocycles. The number of aliphatic hydroxyl groups excluding tert-OH is 9. The molecule has 0 saturated carbocycles. The molecule has 16 atom stereocenters. The number of nitrogens with zero attached hydrogens (tertiary/aromatic N) is 2. The molecule has 3 fully saturated rings. The first-order chi connectivity index (χ1) is 37.7. The average Bonchev–Trinajstić information content (AvgIpc) is 3.42. The number of carbonyl (C=O) groups is 7. The van der Waals surface area contributed by atoms with E-state index in [1.54, 1.807) is 0 Å². The van der Waals surface area contributed by atoms with Gasteiger partial charge < -0.3 is 125 Å². The third-order valence-corrected chi connectivity index (χ3v) is 12.0. The second-order valence-corrected chi connectivity index (χ2v) is 18.1. The van der Waals surface area contributed by atoms with Crippen molar-refractivity contribution in [3.05, 3.63) is 4.91 Å². The van der Waals surface area contributed by atoms with Crippen molar-refractivity contribution in [2.75, 3.05) is 112 Å². The number of rotatable bonds is 36. The number of ether oxygens (including phenoxy) is 9. The molecule has 16 unspecified atom stereocenters. The van der Waals surface area contributed by atoms with Crippen LogP contribution < -0.4 is 31.9 Å². The molecule has 0 aromatic rings. The zero-order valence-electron chi connectivity index (χ0n) is 44.0. The Morgan fingerprint density at radius 1 is 0.494 bits per heavy atom. The van der Waals surface area contributed by atoms with Crippen LogP contribution >= 0.6 is 0 Å². The fraction of sp³-hybridized carbons (Fsp3) is 0.844. The molecule has 3 saturated heterocycles. The predicted octanol–water partition coefficient (Wildman–Crippen LogP) is -9.99. The maximum atomic E-state index is 13.5. The highest BCUT2D eigenvalue weighted by Crippen LogP contribution is 2.25. The van der Waals surface area contributed by atoms with Crippen LogP contribution in [-0.4, -0.2) is 302 Å². The summed E-state index contributed by atoms with van der Waals surface area (Å²) in [4.78, 5) is 100. The molecule has 0 aliphatic carbocycles. The zero-order chi connectivity index (χ0) is 58.6. The predicted molar refractivity (Wildman–Crippen MR) is 261 cm³/mol. The Morgan fingerprint density at radius 2 is 0.823 bits per heavy atom. The standard InChI is InChI=1S/C45H78N8O26/c1-23(57)49-33-39(66)36(63)27(20-54)77-43(33)74-15-12-71-9-6-46-30(60)18-53(19-31(61)47-7-10-72-13-16-75-44-34(50-24(2)58)40(67)37(64)28(21-55)78-44)32(62)5-4-26(52-70)42(69)48-8-11-73-14-17-76-45-35(51-25(3)59)41(68)38(65)29(22-56)79-45/h26-29,33-41,43-45,54-56,63-68H,4-22H2,1-3H3,(H,46,60)(H,47,61)(H,48,69)(H,49,57)(H,50,58)(H,51,59). The molecule has 0 radical (unpaired) electrons. The number of aliphatic hydroxyl groups is 9. The van der Waals surface area contributed by atoms with Gasteiger partial charge in [-0.25, -0.2) is 0 Å². The van der Waals surface area contributed by atoms with Gasteiger partial charge in [0.25, 0.3) is 0 Å². The van der Waals surface area contributed by atoms with Crippen LogP contribution in [0.5, 0.6) is 0 Å². The third kappa shape index (κ3) is 23.3. The quantitative estimate of drug-likeness (QED) is 0.0205. The molecule has 0 spiro atoms. The first-order valence-electron chi connectivity index (χ1n) is 25.4. The summed E-state index contributed by atoms with van der Waals surface area (Å²) >= 11 is 0. The van der Waals surface area contributed by atoms with Crippen LogP contribution in [0.4, 0.5) is 0 Å². The molecule has 0 aromatic carbocycles. The lowest BCUT2D eigenvalue weighted by molar-refractivity contribution is -0.272. The maximum absolute atomic E-state index is 13.5. The lowest BCUT2D eigenvalue weighted by atomic mass is 9.97. The van der Waals surface area contributed by atoms with Gasteiger partial charge in [0.2, 0.25) is 41.4 Å². The molecular formula is C45H78N8O26. The topological polar surface area (TPSA) is 489 Å². The zero-order valence-corrected chi connectivity index (χ0v) is 44.0. The summed E-state index contributed by atoms with van der Waals surface area (Å²) in [5.74, 6) is -4.81. The summed E-state index contributed by atoms with van der Waals surface area (Å²) in [5.41, 5.74) is 0. The van der Waals surface area contributed by atoms with E-state index in [1.165, 1.54) is 20.8 Å². The Morgan fingerprint density at radius 3 is 1.13 bits per heavy atom. The normalized spacial score (nSPS) is 29.1. The Labute approximate surface area is 453 Å². The first-order valence-corrected chi connectivity index (χ1v) is 25.4. The fourth-order valence-corrected chi connectivity index (χ4v) is 8.04. The SMILES string of the molecule is CC(=O)NC1C(OCCOCCNC(=O)CN(CC(=O)NCCOCCOC2OC(CO)C(O)C(O)C2NC(C)=O)C(=O)CCC(N=O)C(=O)NCCOCCOC2OC(CO)C(O)C(O)C2NC(C)=O)OC(CO)C(O)C1O. The number of hydrogen-bond acceptors (Lipinski definition) is 27. The number of carbonyl (C=O) groups excluding carboxylic acids is 7. The van der Waals surface area contributed by atoms with Crippen molar-refractivity contribution >= 4 is 41.4 Å². The summed E-state index contributed by atoms with van der Waals surface area (Å²) in [6.45, 7) is -1.10. The fourth-order valence-electron chi connectivity index (χ4n) is 8.04. The van der Waals surface area contributed by atoms with Gasteiger partial charge >= 0.3 is 0 Å². The van der Waals surface area contributed by atoms with E-state index in [2.05, 4.69) is 37.1 Å². The molecular weight excluding hydrogens is 1070 g/mol. The van der Waals surface area contributed by atoms with Crippen molar-refractivity contribution < 1.29 is 122 Å². The number of hydrogen-bond donors (Lipinski definition) is 15. The van der Waals surface area contributed by atoms with Crippen LogP contribution in [-0.2, 0) is 76.2 Å². The van der Waals surface area contributed by atoms with Crippen molar-refractivity contribution in [1.82, 2.24) is 36.8 Å². The van der Waals surface area contributed by atoms with E-state index >= 15 is 0 Å². The lowest BCUT2D eigenvalue weighted by Crippen LogP contribution is -2.64. The van der Waals surface area contributed by atoms with Gasteiger partial charge in [-0.2, -0.15) is 0 Å². The van der Waals surface area contributed by atoms with Crippen molar-refractivity contribution in [3.8, 4) is 0 Å². The number of amides is 7. The summed E-state index contributed by atoms with van der Waals surface area (Å²) in [6, 6.07) is -5.11. The highest BCUT2D eigenvalue weighted by Gasteiger charge is 2.48. The molecule has 15 N–H and O–H groups in total. The van der Waals surface area contributed by atoms with Crippen LogP contribution in [0.2, 0.25) is 0 Å². The lowest BCUT2D eigenvalue weighted by Gasteiger charge is -2.42. The van der Waals surface area contributed by atoms with E-state index in [1.807, 2.05) is 0 Å². The van der Waals surface area contributed by atoms with Gasteiger partial charge in [-0.1, -0.05) is 5.18 Å². The first kappa shape index (κ1) is 68.4. The number of nitrogens with one attached hydrogen (secondary N) is 6. The van der Waals surface area contributed by atoms with E-state index in [0.717, 1.165) is 4.90 Å². The van der Waals surface area contributed by atoms with E-state index in [0.29, 0.717) is 0 Å². The van der Waals surface area contributed by atoms with E-state index in [9.17, 15) is 84.4 Å². The van der Waals surface area contributed by atoms with E-state index in [4.69, 9.17) is 42.6 Å². The van der Waals surface area contributed by atoms with Gasteiger partial charge in [-0.05, 0) is 6.42 Å². The smallest absolute Gasteiger partial charge is 0.248 e. The van der Waals surface area contributed by atoms with Gasteiger partial charge in [0.15, 0.2) is 24.9 Å². The Balaban J connectivity index is 1.49. The number of nitroso groups, excluding NO2 is 1. The molecule has 34 nitrogen and oxygen atoms in total. The third-order valence-electron chi connectivity index (χ3n) is 12.0. The van der Waals surface area contributed by atoms with Crippen LogP contribution in [0.25, 0.3) is 0 Å². The molecule has 0 bridgehead atoms. The highest BCUT2D eigenvalue weighted by molar-refractivity contribution is 5.89. The van der Waals surface area contributed by atoms with Crippen molar-refractivity contribution in [1.29, 1.82) is 0 Å². The van der Waals surface area contributed by atoms with Gasteiger partial charge in [0.05, 0.1) is 79.3 Å². The Bertz CT molecular complexity index is 1820. The van der Waals surface area contributed by atoms with E-state index < -0.39 is 185 Å². The Hall–Kier alpha value is -4.83. The molecule has 0 aromatic heterocycles. The maximum Gasteiger partial charge on any atom is 0.248 e. The second kappa shape index (κ2) is 36.5. The largest absolute Gasteiger partial charge is 0.394 e. The van der Waals surface area contributed by atoms with E-state index in [-0.39, 0.29) is 79.1 Å². The van der Waals surface area contributed by atoms with Crippen molar-refractivity contribution in [2.24, 2.45) is 5.18 Å². The summed E-state index contributed by atoms with van der Waals surface area (Å²) < 4.78 is 49.5. The van der Waals surface area contributed by atoms with Crippen molar-refractivity contribution in [3.63, 3.8) is 0 Å². The molecule has 79 heavy (non-hydrogen) atoms. The molecule has 3 aliphatic rings. The van der Waals surface area contributed by atoms with Crippen LogP contribution in [0.15, 0.2) is 5.18 Å². The molecule has 7 amide bonds. The highest BCUT2D eigenvalue weighted by atomic mass is 16.7. The molecule has 3 heterocycles. The Kier molecular flexibility index (Phi) is 31.6. The minimum Gasteiger partial charge on any atom is -0.394 e. The second-order valence-electron chi connectivity index (χ2n) is 18.1. The summed E-state index contributed by atoms with van der Waals surface area (Å²) in [7, 11) is 0. The molecule has 34 heteroatoms. The summed E-state index contributed by atoms with van der Waals surface area (Å²) in [5, 5.41) is 108. The van der Waals surface area contributed by atoms with Crippen molar-refractivity contribution in [2.45, 2.75) is 132 Å². The molecule has 3 rings (SSSR count). The molecule has 454 valence electrons. The van der Waals surface area contributed by atoms with Crippen LogP contribution in [0.1, 0.15) is 33.6 Å². The van der Waals surface area contributed by atoms with Gasteiger partial charge in [0, 0.05) is 46.8 Å². The summed E-state index contributed by atoms with van der Waals surface area (Å²) in [6.07, 6.45) is -17.5. The minimum atomic E-state index is -1.59. The van der Waals surface area contributed by atoms with Crippen LogP contribution in [0, 0.1) is 4.91 Å². The van der Waals surface area contributed by atoms with Gasteiger partial charge in [0.1, 0.15) is 86.2 Å². The monoisotopic (exact) mass is 1150 g/mol. The average molecular weight is 1150 g/mol. The van der Waals surface area contributed by atoms with Crippen LogP contribution in [0.3, 0.4) is 0 Å². The minimum absolute atomic E-state index is 0.0899. The van der Waals surface area contributed by atoms with Gasteiger partial charge in [-0.15, -0.1) is 4.91 Å². The van der Waals surface area contributed by atoms with Gasteiger partial charge in [-0.3, -0.25) is 33.6 Å².